The zero-order valence-corrected chi connectivity index (χ0v) is 10.4. The molecule has 1 heterocycles. The largest absolute Gasteiger partial charge is 0.493 e. The number of benzene rings is 1. The fourth-order valence-electron chi connectivity index (χ4n) is 2.22. The van der Waals surface area contributed by atoms with Gasteiger partial charge in [0.1, 0.15) is 5.75 Å². The average Bonchev–Trinajstić information content (AvgIpc) is 2.30. The van der Waals surface area contributed by atoms with Crippen molar-refractivity contribution in [3.05, 3.63) is 29.3 Å². The van der Waals surface area contributed by atoms with E-state index in [0.717, 1.165) is 18.8 Å². The van der Waals surface area contributed by atoms with Crippen molar-refractivity contribution < 1.29 is 4.74 Å². The van der Waals surface area contributed by atoms with Gasteiger partial charge in [-0.3, -0.25) is 0 Å². The van der Waals surface area contributed by atoms with Gasteiger partial charge in [0.15, 0.2) is 0 Å². The molecule has 2 atom stereocenters. The lowest BCUT2D eigenvalue weighted by atomic mass is 9.97. The molecule has 0 saturated carbocycles. The number of ether oxygens (including phenoxy) is 1. The third kappa shape index (κ3) is 2.22. The Balaban J connectivity index is 2.23. The van der Waals surface area contributed by atoms with E-state index in [2.05, 4.69) is 44.3 Å². The van der Waals surface area contributed by atoms with Crippen molar-refractivity contribution in [1.82, 2.24) is 5.32 Å². The van der Waals surface area contributed by atoms with Gasteiger partial charge in [-0.2, -0.15) is 0 Å². The van der Waals surface area contributed by atoms with Crippen LogP contribution in [0.25, 0.3) is 0 Å². The monoisotopic (exact) mass is 219 g/mol. The Labute approximate surface area is 98.0 Å². The van der Waals surface area contributed by atoms with E-state index in [0.29, 0.717) is 12.1 Å². The molecule has 1 aromatic rings. The van der Waals surface area contributed by atoms with E-state index in [-0.39, 0.29) is 0 Å². The van der Waals surface area contributed by atoms with Crippen LogP contribution in [-0.4, -0.2) is 12.6 Å². The van der Waals surface area contributed by atoms with Gasteiger partial charge in [-0.05, 0) is 25.8 Å². The maximum Gasteiger partial charge on any atom is 0.126 e. The lowest BCUT2D eigenvalue weighted by Crippen LogP contribution is -2.33. The molecular formula is C14H21NO. The molecular weight excluding hydrogens is 198 g/mol. The number of nitrogens with one attached hydrogen (secondary N) is 1. The van der Waals surface area contributed by atoms with Crippen molar-refractivity contribution in [3.8, 4) is 5.75 Å². The second kappa shape index (κ2) is 4.88. The van der Waals surface area contributed by atoms with E-state index in [1.807, 2.05) is 0 Å². The van der Waals surface area contributed by atoms with E-state index in [4.69, 9.17) is 4.74 Å². The standard InChI is InChI=1S/C14H21NO/c1-4-11(3)15-13-8-9-16-14-10(2)6-5-7-12(13)14/h5-7,11,13,15H,4,8-9H2,1-3H3. The highest BCUT2D eigenvalue weighted by Gasteiger charge is 2.22. The molecule has 0 saturated heterocycles. The molecule has 0 spiro atoms. The third-order valence-corrected chi connectivity index (χ3v) is 3.37. The summed E-state index contributed by atoms with van der Waals surface area (Å²) in [6.45, 7) is 7.40. The number of rotatable bonds is 3. The molecule has 2 nitrogen and oxygen atoms in total. The zero-order chi connectivity index (χ0) is 11.5. The van der Waals surface area contributed by atoms with Gasteiger partial charge in [-0.25, -0.2) is 0 Å². The van der Waals surface area contributed by atoms with Gasteiger partial charge in [0.25, 0.3) is 0 Å². The number of aryl methyl sites for hydroxylation is 1. The Kier molecular flexibility index (Phi) is 3.49. The maximum absolute atomic E-state index is 5.76. The normalized spacial score (nSPS) is 21.1. The first-order valence-corrected chi connectivity index (χ1v) is 6.20. The van der Waals surface area contributed by atoms with Crippen LogP contribution in [0.5, 0.6) is 5.75 Å². The summed E-state index contributed by atoms with van der Waals surface area (Å²) in [7, 11) is 0. The number of hydrogen-bond acceptors (Lipinski definition) is 2. The van der Waals surface area contributed by atoms with Crippen LogP contribution in [0.15, 0.2) is 18.2 Å². The molecule has 1 N–H and O–H groups in total. The molecule has 88 valence electrons. The summed E-state index contributed by atoms with van der Waals surface area (Å²) in [5.74, 6) is 1.09. The highest BCUT2D eigenvalue weighted by atomic mass is 16.5. The van der Waals surface area contributed by atoms with Gasteiger partial charge in [-0.15, -0.1) is 0 Å². The van der Waals surface area contributed by atoms with Gasteiger partial charge < -0.3 is 10.1 Å². The number of hydrogen-bond donors (Lipinski definition) is 1. The van der Waals surface area contributed by atoms with E-state index in [1.54, 1.807) is 0 Å². The zero-order valence-electron chi connectivity index (χ0n) is 10.4. The summed E-state index contributed by atoms with van der Waals surface area (Å²) in [6.07, 6.45) is 2.24. The molecule has 16 heavy (non-hydrogen) atoms. The topological polar surface area (TPSA) is 21.3 Å². The van der Waals surface area contributed by atoms with Gasteiger partial charge >= 0.3 is 0 Å². The van der Waals surface area contributed by atoms with Crippen LogP contribution >= 0.6 is 0 Å². The molecule has 2 unspecified atom stereocenters. The Morgan fingerprint density at radius 2 is 2.31 bits per heavy atom. The molecule has 0 fully saturated rings. The van der Waals surface area contributed by atoms with Crippen molar-refractivity contribution in [3.63, 3.8) is 0 Å². The summed E-state index contributed by atoms with van der Waals surface area (Å²) in [5, 5.41) is 3.67. The molecule has 0 aromatic heterocycles. The van der Waals surface area contributed by atoms with Crippen LogP contribution in [-0.2, 0) is 0 Å². The summed E-state index contributed by atoms with van der Waals surface area (Å²) < 4.78 is 5.76. The van der Waals surface area contributed by atoms with Gasteiger partial charge in [-0.1, -0.05) is 25.1 Å². The number of fused-ring (bicyclic) bond motifs is 1. The highest BCUT2D eigenvalue weighted by molar-refractivity contribution is 5.43. The van der Waals surface area contributed by atoms with Crippen LogP contribution in [0.1, 0.15) is 43.9 Å². The minimum absolute atomic E-state index is 0.457. The van der Waals surface area contributed by atoms with E-state index >= 15 is 0 Å². The number of para-hydroxylation sites is 1. The SMILES string of the molecule is CCC(C)NC1CCOc2c(C)cccc21. The highest BCUT2D eigenvalue weighted by Crippen LogP contribution is 2.34. The third-order valence-electron chi connectivity index (χ3n) is 3.37. The minimum atomic E-state index is 0.457. The first-order valence-electron chi connectivity index (χ1n) is 6.20. The van der Waals surface area contributed by atoms with E-state index in [9.17, 15) is 0 Å². The molecule has 1 aromatic carbocycles. The van der Waals surface area contributed by atoms with E-state index < -0.39 is 0 Å². The van der Waals surface area contributed by atoms with Crippen LogP contribution in [0, 0.1) is 6.92 Å². The Hall–Kier alpha value is -1.02. The van der Waals surface area contributed by atoms with Crippen LogP contribution in [0.4, 0.5) is 0 Å². The summed E-state index contributed by atoms with van der Waals surface area (Å²) in [5.41, 5.74) is 2.57. The Morgan fingerprint density at radius 1 is 1.50 bits per heavy atom. The second-order valence-corrected chi connectivity index (χ2v) is 4.66. The fraction of sp³-hybridized carbons (Fsp3) is 0.571. The summed E-state index contributed by atoms with van der Waals surface area (Å²) in [4.78, 5) is 0. The van der Waals surface area contributed by atoms with Crippen LogP contribution in [0.2, 0.25) is 0 Å². The Bertz CT molecular complexity index is 362. The van der Waals surface area contributed by atoms with Crippen molar-refractivity contribution in [1.29, 1.82) is 0 Å². The van der Waals surface area contributed by atoms with Crippen molar-refractivity contribution >= 4 is 0 Å². The van der Waals surface area contributed by atoms with Crippen LogP contribution in [0.3, 0.4) is 0 Å². The van der Waals surface area contributed by atoms with Crippen molar-refractivity contribution in [2.24, 2.45) is 0 Å². The molecule has 1 aliphatic heterocycles. The Morgan fingerprint density at radius 3 is 3.06 bits per heavy atom. The molecule has 0 bridgehead atoms. The summed E-state index contributed by atoms with van der Waals surface area (Å²) in [6, 6.07) is 7.44. The van der Waals surface area contributed by atoms with Crippen molar-refractivity contribution in [2.75, 3.05) is 6.61 Å². The van der Waals surface area contributed by atoms with Crippen LogP contribution < -0.4 is 10.1 Å². The molecule has 0 aliphatic carbocycles. The van der Waals surface area contributed by atoms with Gasteiger partial charge in [0.2, 0.25) is 0 Å². The van der Waals surface area contributed by atoms with Gasteiger partial charge in [0, 0.05) is 24.1 Å². The average molecular weight is 219 g/mol. The summed E-state index contributed by atoms with van der Waals surface area (Å²) >= 11 is 0. The molecule has 1 aliphatic rings. The smallest absolute Gasteiger partial charge is 0.126 e. The second-order valence-electron chi connectivity index (χ2n) is 4.66. The lowest BCUT2D eigenvalue weighted by Gasteiger charge is -2.30. The quantitative estimate of drug-likeness (QED) is 0.843. The lowest BCUT2D eigenvalue weighted by molar-refractivity contribution is 0.243. The predicted octanol–water partition coefficient (Wildman–Crippen LogP) is 3.21. The molecule has 2 rings (SSSR count). The predicted molar refractivity (Wildman–Crippen MR) is 66.9 cm³/mol. The first-order chi connectivity index (χ1) is 7.72. The van der Waals surface area contributed by atoms with Crippen molar-refractivity contribution in [2.45, 2.75) is 45.7 Å². The maximum atomic E-state index is 5.76. The van der Waals surface area contributed by atoms with Gasteiger partial charge in [0.05, 0.1) is 6.61 Å². The molecule has 2 heteroatoms. The molecule has 0 amide bonds. The fourth-order valence-corrected chi connectivity index (χ4v) is 2.22. The minimum Gasteiger partial charge on any atom is -0.493 e. The van der Waals surface area contributed by atoms with E-state index in [1.165, 1.54) is 17.5 Å². The first kappa shape index (κ1) is 11.5. The molecule has 0 radical (unpaired) electrons.